The highest BCUT2D eigenvalue weighted by Crippen LogP contribution is 2.29. The number of thiophene rings is 1. The van der Waals surface area contributed by atoms with E-state index in [1.165, 1.54) is 23.1 Å². The van der Waals surface area contributed by atoms with Gasteiger partial charge in [0.25, 0.3) is 5.56 Å². The lowest BCUT2D eigenvalue weighted by Crippen LogP contribution is -2.28. The van der Waals surface area contributed by atoms with E-state index in [-0.39, 0.29) is 17.2 Å². The molecule has 0 bridgehead atoms. The number of nitrogens with zero attached hydrogens (tertiary/aromatic N) is 2. The third-order valence-corrected chi connectivity index (χ3v) is 6.65. The molecule has 2 aromatic heterocycles. The Bertz CT molecular complexity index is 1090. The molecule has 0 atom stereocenters. The minimum Gasteiger partial charge on any atom is -0.385 e. The number of rotatable bonds is 8. The van der Waals surface area contributed by atoms with E-state index in [4.69, 9.17) is 9.72 Å². The number of ether oxygens (including phenoxy) is 1. The summed E-state index contributed by atoms with van der Waals surface area (Å²) in [6.07, 6.45) is 0.763. The number of benzene rings is 1. The van der Waals surface area contributed by atoms with Gasteiger partial charge >= 0.3 is 0 Å². The van der Waals surface area contributed by atoms with Gasteiger partial charge in [-0.15, -0.1) is 11.3 Å². The third kappa shape index (κ3) is 4.88. The van der Waals surface area contributed by atoms with Gasteiger partial charge in [0, 0.05) is 25.1 Å². The van der Waals surface area contributed by atoms with Gasteiger partial charge < -0.3 is 10.1 Å². The zero-order chi connectivity index (χ0) is 21.0. The molecule has 0 saturated heterocycles. The first-order valence-electron chi connectivity index (χ1n) is 9.40. The molecule has 0 aliphatic rings. The fourth-order valence-electron chi connectivity index (χ4n) is 2.99. The average molecular weight is 432 g/mol. The second-order valence-corrected chi connectivity index (χ2v) is 8.97. The van der Waals surface area contributed by atoms with E-state index in [1.807, 2.05) is 45.0 Å². The number of amides is 1. The minimum atomic E-state index is -0.0922. The van der Waals surface area contributed by atoms with Crippen LogP contribution in [-0.4, -0.2) is 41.5 Å². The number of nitrogens with one attached hydrogen (secondary N) is 1. The smallest absolute Gasteiger partial charge is 0.267 e. The maximum atomic E-state index is 13.4. The molecule has 0 saturated carbocycles. The highest BCUT2D eigenvalue weighted by atomic mass is 32.2. The predicted molar refractivity (Wildman–Crippen MR) is 120 cm³/mol. The van der Waals surface area contributed by atoms with Gasteiger partial charge in [0.1, 0.15) is 4.83 Å². The number of thioether (sulfide) groups is 1. The van der Waals surface area contributed by atoms with Gasteiger partial charge in [0.15, 0.2) is 5.16 Å². The van der Waals surface area contributed by atoms with E-state index in [9.17, 15) is 9.59 Å². The lowest BCUT2D eigenvalue weighted by molar-refractivity contribution is -0.118. The molecule has 0 unspecified atom stereocenters. The second-order valence-electron chi connectivity index (χ2n) is 6.82. The quantitative estimate of drug-likeness (QED) is 0.335. The van der Waals surface area contributed by atoms with Crippen LogP contribution in [-0.2, 0) is 9.53 Å². The van der Waals surface area contributed by atoms with Crippen LogP contribution >= 0.6 is 23.1 Å². The van der Waals surface area contributed by atoms with E-state index in [1.54, 1.807) is 11.7 Å². The molecule has 2 heterocycles. The summed E-state index contributed by atoms with van der Waals surface area (Å²) in [6.45, 7) is 7.11. The van der Waals surface area contributed by atoms with Crippen LogP contribution in [0.3, 0.4) is 0 Å². The van der Waals surface area contributed by atoms with Crippen LogP contribution in [0.4, 0.5) is 0 Å². The van der Waals surface area contributed by atoms with Gasteiger partial charge in [0.2, 0.25) is 5.91 Å². The van der Waals surface area contributed by atoms with Crippen LogP contribution in [0.1, 0.15) is 22.4 Å². The predicted octanol–water partition coefficient (Wildman–Crippen LogP) is 3.62. The number of carbonyl (C=O) groups excluding carboxylic acids is 1. The molecule has 0 fully saturated rings. The Kier molecular flexibility index (Phi) is 7.10. The Balaban J connectivity index is 1.96. The van der Waals surface area contributed by atoms with Crippen LogP contribution < -0.4 is 10.9 Å². The van der Waals surface area contributed by atoms with Gasteiger partial charge in [-0.3, -0.25) is 14.2 Å². The maximum absolute atomic E-state index is 13.4. The van der Waals surface area contributed by atoms with Crippen molar-refractivity contribution in [3.05, 3.63) is 50.6 Å². The fourth-order valence-corrected chi connectivity index (χ4v) is 4.91. The van der Waals surface area contributed by atoms with Crippen molar-refractivity contribution in [2.24, 2.45) is 0 Å². The Morgan fingerprint density at radius 3 is 2.83 bits per heavy atom. The van der Waals surface area contributed by atoms with Gasteiger partial charge in [-0.1, -0.05) is 23.9 Å². The molecule has 8 heteroatoms. The Morgan fingerprint density at radius 1 is 1.31 bits per heavy atom. The van der Waals surface area contributed by atoms with Crippen molar-refractivity contribution >= 4 is 39.2 Å². The highest BCUT2D eigenvalue weighted by molar-refractivity contribution is 7.99. The van der Waals surface area contributed by atoms with Gasteiger partial charge in [0.05, 0.1) is 16.8 Å². The summed E-state index contributed by atoms with van der Waals surface area (Å²) >= 11 is 2.79. The maximum Gasteiger partial charge on any atom is 0.267 e. The molecule has 0 spiro atoms. The second kappa shape index (κ2) is 9.56. The average Bonchev–Trinajstić information content (AvgIpc) is 2.97. The number of aryl methyl sites for hydroxylation is 3. The zero-order valence-electron chi connectivity index (χ0n) is 17.1. The molecule has 3 aromatic rings. The summed E-state index contributed by atoms with van der Waals surface area (Å²) < 4.78 is 6.61. The molecule has 1 aromatic carbocycles. The van der Waals surface area contributed by atoms with Crippen molar-refractivity contribution in [3.8, 4) is 5.69 Å². The van der Waals surface area contributed by atoms with Crippen LogP contribution in [0.25, 0.3) is 15.9 Å². The first kappa shape index (κ1) is 21.5. The number of methoxy groups -OCH3 is 1. The highest BCUT2D eigenvalue weighted by Gasteiger charge is 2.18. The van der Waals surface area contributed by atoms with Crippen LogP contribution in [0.2, 0.25) is 0 Å². The number of hydrogen-bond acceptors (Lipinski definition) is 6. The van der Waals surface area contributed by atoms with E-state index < -0.39 is 0 Å². The Hall–Kier alpha value is -2.16. The van der Waals surface area contributed by atoms with Crippen molar-refractivity contribution in [1.82, 2.24) is 14.9 Å². The molecule has 3 rings (SSSR count). The summed E-state index contributed by atoms with van der Waals surface area (Å²) in [4.78, 5) is 32.1. The number of fused-ring (bicyclic) bond motifs is 1. The van der Waals surface area contributed by atoms with Crippen LogP contribution in [0.15, 0.2) is 34.2 Å². The third-order valence-electron chi connectivity index (χ3n) is 4.61. The monoisotopic (exact) mass is 431 g/mol. The summed E-state index contributed by atoms with van der Waals surface area (Å²) in [5, 5.41) is 4.05. The Morgan fingerprint density at radius 2 is 2.10 bits per heavy atom. The van der Waals surface area contributed by atoms with Crippen molar-refractivity contribution in [1.29, 1.82) is 0 Å². The molecule has 0 aliphatic carbocycles. The van der Waals surface area contributed by atoms with Gasteiger partial charge in [-0.05, 0) is 50.5 Å². The fraction of sp³-hybridized carbons (Fsp3) is 0.381. The lowest BCUT2D eigenvalue weighted by Gasteiger charge is -2.13. The molecule has 154 valence electrons. The van der Waals surface area contributed by atoms with Crippen molar-refractivity contribution in [2.75, 3.05) is 26.0 Å². The number of carbonyl (C=O) groups is 1. The number of hydrogen-bond donors (Lipinski definition) is 1. The molecule has 0 radical (unpaired) electrons. The molecule has 29 heavy (non-hydrogen) atoms. The van der Waals surface area contributed by atoms with E-state index >= 15 is 0 Å². The molecular formula is C21H25N3O3S2. The summed E-state index contributed by atoms with van der Waals surface area (Å²) in [5.41, 5.74) is 2.69. The normalized spacial score (nSPS) is 11.2. The lowest BCUT2D eigenvalue weighted by atomic mass is 10.2. The molecular weight excluding hydrogens is 406 g/mol. The minimum absolute atomic E-state index is 0.0882. The standard InChI is InChI=1S/C21H25N3O3S2/c1-13-7-5-8-16(11-13)24-20(26)18-14(2)15(3)29-19(18)23-21(24)28-12-17(25)22-9-6-10-27-4/h5,7-8,11H,6,9-10,12H2,1-4H3,(H,22,25). The van der Waals surface area contributed by atoms with E-state index in [2.05, 4.69) is 5.32 Å². The van der Waals surface area contributed by atoms with Crippen molar-refractivity contribution in [3.63, 3.8) is 0 Å². The SMILES string of the molecule is COCCCNC(=O)CSc1nc2sc(C)c(C)c2c(=O)n1-c1cccc(C)c1. The Labute approximate surface area is 178 Å². The summed E-state index contributed by atoms with van der Waals surface area (Å²) in [7, 11) is 1.64. The van der Waals surface area contributed by atoms with Crippen LogP contribution in [0, 0.1) is 20.8 Å². The topological polar surface area (TPSA) is 73.2 Å². The first-order valence-corrected chi connectivity index (χ1v) is 11.2. The van der Waals surface area contributed by atoms with Gasteiger partial charge in [-0.25, -0.2) is 4.98 Å². The summed E-state index contributed by atoms with van der Waals surface area (Å²) in [5.74, 6) is 0.106. The summed E-state index contributed by atoms with van der Waals surface area (Å²) in [6, 6.07) is 7.76. The molecule has 6 nitrogen and oxygen atoms in total. The van der Waals surface area contributed by atoms with Crippen molar-refractivity contribution in [2.45, 2.75) is 32.3 Å². The zero-order valence-corrected chi connectivity index (χ0v) is 18.7. The largest absolute Gasteiger partial charge is 0.385 e. The van der Waals surface area contributed by atoms with Crippen molar-refractivity contribution < 1.29 is 9.53 Å². The number of aromatic nitrogens is 2. The van der Waals surface area contributed by atoms with Crippen LogP contribution in [0.5, 0.6) is 0 Å². The molecule has 1 amide bonds. The van der Waals surface area contributed by atoms with E-state index in [0.29, 0.717) is 23.7 Å². The first-order chi connectivity index (χ1) is 13.9. The van der Waals surface area contributed by atoms with E-state index in [0.717, 1.165) is 32.9 Å². The molecule has 1 N–H and O–H groups in total. The van der Waals surface area contributed by atoms with Gasteiger partial charge in [-0.2, -0.15) is 0 Å². The molecule has 0 aliphatic heterocycles.